The predicted octanol–water partition coefficient (Wildman–Crippen LogP) is 3.01. The Hall–Kier alpha value is -1.91. The van der Waals surface area contributed by atoms with Crippen LogP contribution in [0.2, 0.25) is 0 Å². The van der Waals surface area contributed by atoms with Crippen LogP contribution in [0, 0.1) is 5.82 Å². The van der Waals surface area contributed by atoms with Gasteiger partial charge in [0.2, 0.25) is 11.8 Å². The number of hydrogen-bond donors (Lipinski definition) is 1. The molecule has 0 saturated heterocycles. The third-order valence-corrected chi connectivity index (χ3v) is 4.39. The van der Waals surface area contributed by atoms with Crippen LogP contribution in [0.4, 0.5) is 4.39 Å². The van der Waals surface area contributed by atoms with Gasteiger partial charge in [-0.15, -0.1) is 0 Å². The number of carbonyl (C=O) groups excluding carboxylic acids is 2. The van der Waals surface area contributed by atoms with Gasteiger partial charge in [0.25, 0.3) is 0 Å². The molecule has 5 heteroatoms. The van der Waals surface area contributed by atoms with Crippen LogP contribution in [0.3, 0.4) is 0 Å². The summed E-state index contributed by atoms with van der Waals surface area (Å²) >= 11 is 0. The lowest BCUT2D eigenvalue weighted by atomic mass is 10.1. The van der Waals surface area contributed by atoms with Crippen molar-refractivity contribution in [2.75, 3.05) is 6.54 Å². The molecule has 1 saturated carbocycles. The molecule has 2 amide bonds. The number of hydrogen-bond acceptors (Lipinski definition) is 2. The van der Waals surface area contributed by atoms with E-state index in [0.717, 1.165) is 31.2 Å². The van der Waals surface area contributed by atoms with Gasteiger partial charge >= 0.3 is 0 Å². The molecule has 0 spiro atoms. The van der Waals surface area contributed by atoms with Gasteiger partial charge in [0.1, 0.15) is 5.82 Å². The molecule has 1 aliphatic carbocycles. The molecule has 4 nitrogen and oxygen atoms in total. The van der Waals surface area contributed by atoms with E-state index in [0.29, 0.717) is 6.54 Å². The topological polar surface area (TPSA) is 49.4 Å². The summed E-state index contributed by atoms with van der Waals surface area (Å²) in [6.45, 7) is 1.97. The van der Waals surface area contributed by atoms with Gasteiger partial charge in [0.15, 0.2) is 0 Å². The number of amides is 2. The summed E-state index contributed by atoms with van der Waals surface area (Å²) in [4.78, 5) is 25.8. The minimum Gasteiger partial charge on any atom is -0.350 e. The highest BCUT2D eigenvalue weighted by atomic mass is 19.1. The normalized spacial score (nSPS) is 15.7. The zero-order chi connectivity index (χ0) is 16.7. The van der Waals surface area contributed by atoms with E-state index in [9.17, 15) is 14.0 Å². The number of rotatable bonds is 5. The van der Waals surface area contributed by atoms with E-state index in [1.807, 2.05) is 0 Å². The summed E-state index contributed by atoms with van der Waals surface area (Å²) < 4.78 is 12.9. The van der Waals surface area contributed by atoms with Crippen LogP contribution in [0.15, 0.2) is 24.3 Å². The van der Waals surface area contributed by atoms with Crippen molar-refractivity contribution in [1.82, 2.24) is 10.2 Å². The highest BCUT2D eigenvalue weighted by Gasteiger charge is 2.24. The first-order chi connectivity index (χ1) is 11.1. The molecule has 0 aromatic heterocycles. The van der Waals surface area contributed by atoms with E-state index < -0.39 is 0 Å². The molecular weight excluding hydrogens is 295 g/mol. The van der Waals surface area contributed by atoms with Gasteiger partial charge < -0.3 is 10.2 Å². The van der Waals surface area contributed by atoms with E-state index in [4.69, 9.17) is 0 Å². The van der Waals surface area contributed by atoms with Crippen molar-refractivity contribution in [3.05, 3.63) is 35.6 Å². The summed E-state index contributed by atoms with van der Waals surface area (Å²) in [6.07, 6.45) is 6.60. The second-order valence-electron chi connectivity index (χ2n) is 6.20. The zero-order valence-corrected chi connectivity index (χ0v) is 13.7. The Bertz CT molecular complexity index is 522. The van der Waals surface area contributed by atoms with Crippen molar-refractivity contribution in [1.29, 1.82) is 0 Å². The van der Waals surface area contributed by atoms with Crippen molar-refractivity contribution in [2.45, 2.75) is 58.0 Å². The van der Waals surface area contributed by atoms with Crippen molar-refractivity contribution < 1.29 is 14.0 Å². The lowest BCUT2D eigenvalue weighted by Gasteiger charge is -2.29. The molecule has 1 aliphatic rings. The Morgan fingerprint density at radius 1 is 1.13 bits per heavy atom. The third kappa shape index (κ3) is 5.66. The fourth-order valence-corrected chi connectivity index (χ4v) is 3.08. The second-order valence-corrected chi connectivity index (χ2v) is 6.20. The Balaban J connectivity index is 1.87. The van der Waals surface area contributed by atoms with Crippen LogP contribution < -0.4 is 5.32 Å². The first-order valence-corrected chi connectivity index (χ1v) is 8.34. The average Bonchev–Trinajstić information content (AvgIpc) is 2.81. The molecule has 0 aliphatic heterocycles. The smallest absolute Gasteiger partial charge is 0.239 e. The highest BCUT2D eigenvalue weighted by Crippen LogP contribution is 2.22. The third-order valence-electron chi connectivity index (χ3n) is 4.39. The number of carbonyl (C=O) groups is 2. The van der Waals surface area contributed by atoms with Crippen LogP contribution in [0.1, 0.15) is 51.0 Å². The van der Waals surface area contributed by atoms with Gasteiger partial charge in [-0.2, -0.15) is 0 Å². The van der Waals surface area contributed by atoms with E-state index >= 15 is 0 Å². The fourth-order valence-electron chi connectivity index (χ4n) is 3.08. The zero-order valence-electron chi connectivity index (χ0n) is 13.7. The van der Waals surface area contributed by atoms with E-state index in [-0.39, 0.29) is 30.2 Å². The molecule has 1 aromatic rings. The summed E-state index contributed by atoms with van der Waals surface area (Å²) in [5.74, 6) is -0.515. The Kier molecular flexibility index (Phi) is 6.56. The predicted molar refractivity (Wildman–Crippen MR) is 87.1 cm³/mol. The lowest BCUT2D eigenvalue weighted by molar-refractivity contribution is -0.136. The molecule has 1 fully saturated rings. The molecular formula is C18H25FN2O2. The van der Waals surface area contributed by atoms with Gasteiger partial charge in [-0.25, -0.2) is 4.39 Å². The van der Waals surface area contributed by atoms with Crippen molar-refractivity contribution >= 4 is 11.8 Å². The van der Waals surface area contributed by atoms with Crippen LogP contribution in [0.25, 0.3) is 0 Å². The highest BCUT2D eigenvalue weighted by molar-refractivity contribution is 5.83. The molecule has 0 atom stereocenters. The van der Waals surface area contributed by atoms with Crippen molar-refractivity contribution in [2.24, 2.45) is 0 Å². The molecule has 1 N–H and O–H groups in total. The first-order valence-electron chi connectivity index (χ1n) is 8.34. The number of benzene rings is 1. The molecule has 23 heavy (non-hydrogen) atoms. The molecule has 0 unspecified atom stereocenters. The number of nitrogens with one attached hydrogen (secondary N) is 1. The van der Waals surface area contributed by atoms with Crippen molar-refractivity contribution in [3.63, 3.8) is 0 Å². The minimum atomic E-state index is -0.295. The van der Waals surface area contributed by atoms with Gasteiger partial charge in [-0.05, 0) is 30.5 Å². The maximum Gasteiger partial charge on any atom is 0.239 e. The van der Waals surface area contributed by atoms with Crippen molar-refractivity contribution in [3.8, 4) is 0 Å². The number of nitrogens with zero attached hydrogens (tertiary/aromatic N) is 1. The summed E-state index contributed by atoms with van der Waals surface area (Å²) in [7, 11) is 0. The van der Waals surface area contributed by atoms with Gasteiger partial charge in [-0.3, -0.25) is 9.59 Å². The van der Waals surface area contributed by atoms with Crippen LogP contribution in [0.5, 0.6) is 0 Å². The lowest BCUT2D eigenvalue weighted by Crippen LogP contribution is -2.45. The Morgan fingerprint density at radius 3 is 2.30 bits per heavy atom. The maximum absolute atomic E-state index is 12.9. The van der Waals surface area contributed by atoms with E-state index in [2.05, 4.69) is 5.32 Å². The van der Waals surface area contributed by atoms with E-state index in [1.54, 1.807) is 17.0 Å². The molecule has 0 bridgehead atoms. The summed E-state index contributed by atoms with van der Waals surface area (Å²) in [5.41, 5.74) is 0.837. The quantitative estimate of drug-likeness (QED) is 0.848. The largest absolute Gasteiger partial charge is 0.350 e. The summed E-state index contributed by atoms with van der Waals surface area (Å²) in [6, 6.07) is 6.20. The number of halogens is 1. The Morgan fingerprint density at radius 2 is 1.74 bits per heavy atom. The Labute approximate surface area is 137 Å². The van der Waals surface area contributed by atoms with Gasteiger partial charge in [-0.1, -0.05) is 37.8 Å². The second kappa shape index (κ2) is 8.65. The van der Waals surface area contributed by atoms with E-state index in [1.165, 1.54) is 31.9 Å². The first kappa shape index (κ1) is 17.4. The SMILES string of the molecule is CC(=O)N(CC(=O)NCc1ccc(F)cc1)C1CCCCCC1. The van der Waals surface area contributed by atoms with Gasteiger partial charge in [0.05, 0.1) is 6.54 Å². The van der Waals surface area contributed by atoms with Crippen LogP contribution in [-0.4, -0.2) is 29.3 Å². The monoisotopic (exact) mass is 320 g/mol. The standard InChI is InChI=1S/C18H25FN2O2/c1-14(22)21(17-6-4-2-3-5-7-17)13-18(23)20-12-15-8-10-16(19)11-9-15/h8-11,17H,2-7,12-13H2,1H3,(H,20,23). The molecule has 0 radical (unpaired) electrons. The van der Waals surface area contributed by atoms with Crippen LogP contribution >= 0.6 is 0 Å². The van der Waals surface area contributed by atoms with Crippen LogP contribution in [-0.2, 0) is 16.1 Å². The van der Waals surface area contributed by atoms with Gasteiger partial charge in [0, 0.05) is 19.5 Å². The fraction of sp³-hybridized carbons (Fsp3) is 0.556. The molecule has 1 aromatic carbocycles. The molecule has 0 heterocycles. The maximum atomic E-state index is 12.9. The summed E-state index contributed by atoms with van der Waals surface area (Å²) in [5, 5.41) is 2.80. The molecule has 126 valence electrons. The molecule has 2 rings (SSSR count). The minimum absolute atomic E-state index is 0.0474. The average molecular weight is 320 g/mol.